The zero-order valence-electron chi connectivity index (χ0n) is 14.9. The zero-order chi connectivity index (χ0) is 16.0. The summed E-state index contributed by atoms with van der Waals surface area (Å²) in [5.74, 6) is 3.82. The lowest BCUT2D eigenvalue weighted by molar-refractivity contribution is -0.116. The summed E-state index contributed by atoms with van der Waals surface area (Å²) in [5, 5.41) is 0. The average molecular weight is 312 g/mol. The van der Waals surface area contributed by atoms with E-state index >= 15 is 0 Å². The van der Waals surface area contributed by atoms with Crippen molar-refractivity contribution in [3.8, 4) is 0 Å². The van der Waals surface area contributed by atoms with Crippen LogP contribution in [0.2, 0.25) is 0 Å². The second kappa shape index (κ2) is 5.90. The predicted octanol–water partition coefficient (Wildman–Crippen LogP) is 5.85. The predicted molar refractivity (Wildman–Crippen MR) is 95.1 cm³/mol. The molecule has 0 aromatic carbocycles. The smallest absolute Gasteiger partial charge is 0.155 e. The fourth-order valence-electron chi connectivity index (χ4n) is 6.59. The quantitative estimate of drug-likeness (QED) is 0.597. The summed E-state index contributed by atoms with van der Waals surface area (Å²) in [7, 11) is 0. The number of hydrogen-bond donors (Lipinski definition) is 0. The molecule has 0 unspecified atom stereocenters. The number of rotatable bonds is 3. The summed E-state index contributed by atoms with van der Waals surface area (Å²) in [5.41, 5.74) is 3.81. The van der Waals surface area contributed by atoms with Crippen molar-refractivity contribution in [3.05, 3.63) is 23.3 Å². The molecule has 0 N–H and O–H groups in total. The van der Waals surface area contributed by atoms with E-state index in [4.69, 9.17) is 0 Å². The molecule has 2 saturated carbocycles. The Morgan fingerprint density at radius 2 is 2.04 bits per heavy atom. The Morgan fingerprint density at radius 3 is 2.87 bits per heavy atom. The van der Waals surface area contributed by atoms with E-state index < -0.39 is 0 Å². The largest absolute Gasteiger partial charge is 0.295 e. The molecule has 23 heavy (non-hydrogen) atoms. The van der Waals surface area contributed by atoms with E-state index in [0.717, 1.165) is 36.5 Å². The SMILES string of the molecule is CCCCC1=CC[C@H]2[C@@H]3CCC4=CC(=O)CC[C@@H]4[C@H]3CC[C@]12C. The second-order valence-electron chi connectivity index (χ2n) is 8.83. The van der Waals surface area contributed by atoms with Crippen LogP contribution in [0.5, 0.6) is 0 Å². The first kappa shape index (κ1) is 15.7. The molecule has 0 spiro atoms. The molecule has 0 aliphatic heterocycles. The van der Waals surface area contributed by atoms with Crippen LogP contribution in [0.1, 0.15) is 78.1 Å². The molecule has 0 radical (unpaired) electrons. The van der Waals surface area contributed by atoms with Crippen LogP contribution in [0.25, 0.3) is 0 Å². The standard InChI is InChI=1S/C22H32O/c1-3-4-5-16-7-11-21-20-9-6-15-14-17(23)8-10-18(15)19(20)12-13-22(16,21)2/h7,14,18-21H,3-6,8-13H2,1-2H3/t18-,19+,20+,21-,22+/m0/s1. The number of ketones is 1. The molecule has 1 nitrogen and oxygen atoms in total. The molecular weight excluding hydrogens is 280 g/mol. The van der Waals surface area contributed by atoms with E-state index in [1.807, 2.05) is 6.08 Å². The first-order valence-corrected chi connectivity index (χ1v) is 10.1. The van der Waals surface area contributed by atoms with Gasteiger partial charge in [0.15, 0.2) is 5.78 Å². The Labute approximate surface area is 141 Å². The maximum atomic E-state index is 11.8. The van der Waals surface area contributed by atoms with Crippen molar-refractivity contribution < 1.29 is 4.79 Å². The van der Waals surface area contributed by atoms with Crippen LogP contribution in [0.4, 0.5) is 0 Å². The van der Waals surface area contributed by atoms with Crippen LogP contribution >= 0.6 is 0 Å². The van der Waals surface area contributed by atoms with Crippen LogP contribution in [0.3, 0.4) is 0 Å². The van der Waals surface area contributed by atoms with Gasteiger partial charge in [0.05, 0.1) is 0 Å². The van der Waals surface area contributed by atoms with Gasteiger partial charge in [0.25, 0.3) is 0 Å². The molecule has 0 heterocycles. The van der Waals surface area contributed by atoms with E-state index in [1.165, 1.54) is 56.9 Å². The topological polar surface area (TPSA) is 17.1 Å². The fourth-order valence-corrected chi connectivity index (χ4v) is 6.59. The lowest BCUT2D eigenvalue weighted by Crippen LogP contribution is -2.45. The first-order valence-electron chi connectivity index (χ1n) is 10.1. The Hall–Kier alpha value is -0.850. The van der Waals surface area contributed by atoms with Gasteiger partial charge in [0.1, 0.15) is 0 Å². The van der Waals surface area contributed by atoms with Gasteiger partial charge in [-0.15, -0.1) is 0 Å². The van der Waals surface area contributed by atoms with Crippen molar-refractivity contribution in [3.63, 3.8) is 0 Å². The van der Waals surface area contributed by atoms with E-state index in [9.17, 15) is 4.79 Å². The van der Waals surface area contributed by atoms with Crippen LogP contribution in [-0.2, 0) is 4.79 Å². The van der Waals surface area contributed by atoms with Gasteiger partial charge in [-0.1, -0.05) is 37.5 Å². The van der Waals surface area contributed by atoms with Gasteiger partial charge in [0, 0.05) is 6.42 Å². The molecule has 5 atom stereocenters. The molecule has 0 bridgehead atoms. The summed E-state index contributed by atoms with van der Waals surface area (Å²) in [6, 6.07) is 0. The van der Waals surface area contributed by atoms with Crippen LogP contribution < -0.4 is 0 Å². The van der Waals surface area contributed by atoms with E-state index in [1.54, 1.807) is 5.57 Å². The minimum Gasteiger partial charge on any atom is -0.295 e. The van der Waals surface area contributed by atoms with Crippen molar-refractivity contribution in [2.45, 2.75) is 78.1 Å². The summed E-state index contributed by atoms with van der Waals surface area (Å²) < 4.78 is 0. The highest BCUT2D eigenvalue weighted by Gasteiger charge is 2.53. The minimum absolute atomic E-state index is 0.389. The molecule has 4 rings (SSSR count). The van der Waals surface area contributed by atoms with Crippen molar-refractivity contribution in [2.24, 2.45) is 29.1 Å². The molecule has 126 valence electrons. The molecule has 0 aromatic rings. The lowest BCUT2D eigenvalue weighted by Gasteiger charge is -2.53. The maximum Gasteiger partial charge on any atom is 0.155 e. The molecule has 1 heteroatoms. The van der Waals surface area contributed by atoms with Crippen LogP contribution in [-0.4, -0.2) is 5.78 Å². The van der Waals surface area contributed by atoms with Gasteiger partial charge in [-0.2, -0.15) is 0 Å². The zero-order valence-corrected chi connectivity index (χ0v) is 14.9. The van der Waals surface area contributed by atoms with E-state index in [0.29, 0.717) is 11.2 Å². The molecule has 0 aromatic heterocycles. The van der Waals surface area contributed by atoms with Gasteiger partial charge in [-0.3, -0.25) is 4.79 Å². The number of allylic oxidation sites excluding steroid dienone is 4. The summed E-state index contributed by atoms with van der Waals surface area (Å²) >= 11 is 0. The maximum absolute atomic E-state index is 11.8. The normalized spacial score (nSPS) is 42.4. The van der Waals surface area contributed by atoms with Crippen LogP contribution in [0.15, 0.2) is 23.3 Å². The summed E-state index contributed by atoms with van der Waals surface area (Å²) in [4.78, 5) is 11.8. The third kappa shape index (κ3) is 2.46. The monoisotopic (exact) mass is 312 g/mol. The lowest BCUT2D eigenvalue weighted by atomic mass is 9.51. The molecule has 0 amide bonds. The summed E-state index contributed by atoms with van der Waals surface area (Å²) in [6.07, 6.45) is 17.3. The minimum atomic E-state index is 0.389. The highest BCUT2D eigenvalue weighted by atomic mass is 16.1. The fraction of sp³-hybridized carbons (Fsp3) is 0.773. The molecular formula is C22H32O. The summed E-state index contributed by atoms with van der Waals surface area (Å²) in [6.45, 7) is 4.89. The van der Waals surface area contributed by atoms with Gasteiger partial charge in [-0.25, -0.2) is 0 Å². The molecule has 4 aliphatic carbocycles. The molecule has 4 aliphatic rings. The second-order valence-corrected chi connectivity index (χ2v) is 8.83. The Balaban J connectivity index is 1.55. The first-order chi connectivity index (χ1) is 11.1. The number of carbonyl (C=O) groups is 1. The average Bonchev–Trinajstić information content (AvgIpc) is 2.89. The van der Waals surface area contributed by atoms with Crippen molar-refractivity contribution in [1.82, 2.24) is 0 Å². The van der Waals surface area contributed by atoms with E-state index in [2.05, 4.69) is 19.9 Å². The van der Waals surface area contributed by atoms with Gasteiger partial charge in [0.2, 0.25) is 0 Å². The van der Waals surface area contributed by atoms with Crippen molar-refractivity contribution in [2.75, 3.05) is 0 Å². The third-order valence-electron chi connectivity index (χ3n) is 7.84. The number of fused-ring (bicyclic) bond motifs is 5. The third-order valence-corrected chi connectivity index (χ3v) is 7.84. The van der Waals surface area contributed by atoms with Crippen molar-refractivity contribution >= 4 is 5.78 Å². The molecule has 0 saturated heterocycles. The highest BCUT2D eigenvalue weighted by Crippen LogP contribution is 2.62. The Bertz CT molecular complexity index is 554. The Kier molecular flexibility index (Phi) is 4.02. The highest BCUT2D eigenvalue weighted by molar-refractivity contribution is 5.91. The van der Waals surface area contributed by atoms with Gasteiger partial charge < -0.3 is 0 Å². The van der Waals surface area contributed by atoms with E-state index in [-0.39, 0.29) is 0 Å². The molecule has 2 fully saturated rings. The number of unbranched alkanes of at least 4 members (excludes halogenated alkanes) is 1. The van der Waals surface area contributed by atoms with Gasteiger partial charge >= 0.3 is 0 Å². The number of carbonyl (C=O) groups excluding carboxylic acids is 1. The van der Waals surface area contributed by atoms with Crippen LogP contribution in [0, 0.1) is 29.1 Å². The Morgan fingerprint density at radius 1 is 1.17 bits per heavy atom. The number of hydrogen-bond acceptors (Lipinski definition) is 1. The van der Waals surface area contributed by atoms with Gasteiger partial charge in [-0.05, 0) is 86.5 Å². The van der Waals surface area contributed by atoms with Crippen molar-refractivity contribution in [1.29, 1.82) is 0 Å².